The Morgan fingerprint density at radius 2 is 2.22 bits per heavy atom. The van der Waals surface area contributed by atoms with Gasteiger partial charge < -0.3 is 5.32 Å². The number of alkyl halides is 1. The maximum Gasteiger partial charge on any atom is 0.283 e. The zero-order chi connectivity index (χ0) is 13.7. The summed E-state index contributed by atoms with van der Waals surface area (Å²) in [6.45, 7) is 1.86. The molecule has 0 radical (unpaired) electrons. The molecular weight excluding hydrogens is 279 g/mol. The molecular formula is C11H12Cl2N2O3. The van der Waals surface area contributed by atoms with E-state index in [1.807, 2.05) is 6.92 Å². The number of amides is 1. The molecule has 98 valence electrons. The minimum Gasteiger partial charge on any atom is -0.348 e. The number of nitrogens with zero attached hydrogens (tertiary/aromatic N) is 1. The lowest BCUT2D eigenvalue weighted by Gasteiger charge is -2.14. The number of carbonyl (C=O) groups is 1. The summed E-state index contributed by atoms with van der Waals surface area (Å²) >= 11 is 11.5. The molecule has 5 nitrogen and oxygen atoms in total. The van der Waals surface area contributed by atoms with Crippen LogP contribution in [0.1, 0.15) is 23.7 Å². The number of nitro benzene ring substituents is 1. The molecule has 1 aromatic carbocycles. The van der Waals surface area contributed by atoms with E-state index in [1.54, 1.807) is 0 Å². The van der Waals surface area contributed by atoms with E-state index in [0.717, 1.165) is 0 Å². The molecule has 0 heterocycles. The highest BCUT2D eigenvalue weighted by Gasteiger charge is 2.24. The molecule has 0 spiro atoms. The molecule has 0 aliphatic rings. The fourth-order valence-electron chi connectivity index (χ4n) is 1.40. The van der Waals surface area contributed by atoms with Crippen molar-refractivity contribution < 1.29 is 9.72 Å². The lowest BCUT2D eigenvalue weighted by molar-refractivity contribution is -0.385. The predicted molar refractivity (Wildman–Crippen MR) is 70.4 cm³/mol. The van der Waals surface area contributed by atoms with E-state index in [2.05, 4.69) is 5.32 Å². The van der Waals surface area contributed by atoms with Crippen LogP contribution in [0.4, 0.5) is 5.69 Å². The number of nitro groups is 1. The molecule has 0 saturated carbocycles. The highest BCUT2D eigenvalue weighted by molar-refractivity contribution is 6.34. The van der Waals surface area contributed by atoms with Crippen molar-refractivity contribution in [2.75, 3.05) is 5.88 Å². The van der Waals surface area contributed by atoms with Crippen LogP contribution in [0, 0.1) is 10.1 Å². The number of hydrogen-bond acceptors (Lipinski definition) is 3. The molecule has 0 aliphatic heterocycles. The van der Waals surface area contributed by atoms with Gasteiger partial charge in [-0.2, -0.15) is 0 Å². The SMILES string of the molecule is CCC(CCl)NC(=O)c1c(Cl)cccc1[N+](=O)[O-]. The second-order valence-corrected chi connectivity index (χ2v) is 4.34. The van der Waals surface area contributed by atoms with Crippen LogP contribution in [0.25, 0.3) is 0 Å². The van der Waals surface area contributed by atoms with E-state index in [9.17, 15) is 14.9 Å². The minimum atomic E-state index is -0.636. The van der Waals surface area contributed by atoms with Crippen LogP contribution in [0.5, 0.6) is 0 Å². The number of halogens is 2. The molecule has 0 fully saturated rings. The molecule has 1 aromatic rings. The molecule has 0 aliphatic carbocycles. The van der Waals surface area contributed by atoms with Crippen LogP contribution in [0.3, 0.4) is 0 Å². The third-order valence-corrected chi connectivity index (χ3v) is 3.12. The van der Waals surface area contributed by atoms with E-state index in [4.69, 9.17) is 23.2 Å². The molecule has 7 heteroatoms. The third kappa shape index (κ3) is 3.34. The van der Waals surface area contributed by atoms with Crippen LogP contribution in [-0.4, -0.2) is 22.8 Å². The van der Waals surface area contributed by atoms with Crippen LogP contribution in [-0.2, 0) is 0 Å². The molecule has 1 N–H and O–H groups in total. The average molecular weight is 291 g/mol. The lowest BCUT2D eigenvalue weighted by Crippen LogP contribution is -2.36. The zero-order valence-corrected chi connectivity index (χ0v) is 11.2. The van der Waals surface area contributed by atoms with Gasteiger partial charge in [0.2, 0.25) is 0 Å². The summed E-state index contributed by atoms with van der Waals surface area (Å²) in [6, 6.07) is 3.86. The molecule has 0 saturated heterocycles. The molecule has 1 unspecified atom stereocenters. The van der Waals surface area contributed by atoms with E-state index in [1.165, 1.54) is 18.2 Å². The zero-order valence-electron chi connectivity index (χ0n) is 9.65. The Bertz CT molecular complexity index is 462. The van der Waals surface area contributed by atoms with Crippen molar-refractivity contribution >= 4 is 34.8 Å². The number of benzene rings is 1. The Kier molecular flexibility index (Phi) is 5.37. The predicted octanol–water partition coefficient (Wildman–Crippen LogP) is 3.00. The first-order valence-corrected chi connectivity index (χ1v) is 6.22. The largest absolute Gasteiger partial charge is 0.348 e. The lowest BCUT2D eigenvalue weighted by atomic mass is 10.1. The molecule has 0 bridgehead atoms. The van der Waals surface area contributed by atoms with Gasteiger partial charge in [-0.25, -0.2) is 0 Å². The van der Waals surface area contributed by atoms with Crippen molar-refractivity contribution in [1.82, 2.24) is 5.32 Å². The van der Waals surface area contributed by atoms with Gasteiger partial charge in [0.25, 0.3) is 11.6 Å². The van der Waals surface area contributed by atoms with Gasteiger partial charge in [-0.05, 0) is 12.5 Å². The standard InChI is InChI=1S/C11H12Cl2N2O3/c1-2-7(6-12)14-11(16)10-8(13)4-3-5-9(10)15(17)18/h3-5,7H,2,6H2,1H3,(H,14,16). The number of nitrogens with one attached hydrogen (secondary N) is 1. The van der Waals surface area contributed by atoms with Crippen LogP contribution in [0.15, 0.2) is 18.2 Å². The highest BCUT2D eigenvalue weighted by atomic mass is 35.5. The fraction of sp³-hybridized carbons (Fsp3) is 0.364. The summed E-state index contributed by atoms with van der Waals surface area (Å²) in [7, 11) is 0. The molecule has 18 heavy (non-hydrogen) atoms. The van der Waals surface area contributed by atoms with E-state index in [-0.39, 0.29) is 28.2 Å². The first-order chi connectivity index (χ1) is 8.51. The average Bonchev–Trinajstić information content (AvgIpc) is 2.35. The molecule has 1 atom stereocenters. The summed E-state index contributed by atoms with van der Waals surface area (Å²) < 4.78 is 0. The Morgan fingerprint density at radius 1 is 1.56 bits per heavy atom. The van der Waals surface area contributed by atoms with E-state index < -0.39 is 10.8 Å². The fourth-order valence-corrected chi connectivity index (χ4v) is 1.95. The maximum absolute atomic E-state index is 12.0. The number of carbonyl (C=O) groups excluding carboxylic acids is 1. The summed E-state index contributed by atoms with van der Waals surface area (Å²) in [4.78, 5) is 22.2. The maximum atomic E-state index is 12.0. The minimum absolute atomic E-state index is 0.0473. The number of hydrogen-bond donors (Lipinski definition) is 1. The second-order valence-electron chi connectivity index (χ2n) is 3.62. The van der Waals surface area contributed by atoms with Crippen molar-refractivity contribution in [3.63, 3.8) is 0 Å². The highest BCUT2D eigenvalue weighted by Crippen LogP contribution is 2.26. The van der Waals surface area contributed by atoms with Crippen molar-refractivity contribution in [2.45, 2.75) is 19.4 Å². The van der Waals surface area contributed by atoms with Crippen LogP contribution >= 0.6 is 23.2 Å². The summed E-state index contributed by atoms with van der Waals surface area (Å²) in [5.74, 6) is -0.347. The van der Waals surface area contributed by atoms with Gasteiger partial charge in [-0.1, -0.05) is 24.6 Å². The Hall–Kier alpha value is -1.33. The third-order valence-electron chi connectivity index (χ3n) is 2.43. The van der Waals surface area contributed by atoms with Gasteiger partial charge in [0.05, 0.1) is 9.95 Å². The first kappa shape index (κ1) is 14.7. The molecule has 0 aromatic heterocycles. The van der Waals surface area contributed by atoms with Crippen molar-refractivity contribution in [3.8, 4) is 0 Å². The van der Waals surface area contributed by atoms with E-state index >= 15 is 0 Å². The first-order valence-electron chi connectivity index (χ1n) is 5.31. The van der Waals surface area contributed by atoms with Crippen LogP contribution < -0.4 is 5.32 Å². The van der Waals surface area contributed by atoms with E-state index in [0.29, 0.717) is 6.42 Å². The summed E-state index contributed by atoms with van der Waals surface area (Å²) in [6.07, 6.45) is 0.632. The second kappa shape index (κ2) is 6.56. The quantitative estimate of drug-likeness (QED) is 0.515. The van der Waals surface area contributed by atoms with Gasteiger partial charge in [0.15, 0.2) is 0 Å². The monoisotopic (exact) mass is 290 g/mol. The van der Waals surface area contributed by atoms with Gasteiger partial charge in [0, 0.05) is 18.0 Å². The summed E-state index contributed by atoms with van der Waals surface area (Å²) in [5.41, 5.74) is -0.447. The topological polar surface area (TPSA) is 72.2 Å². The molecule has 1 rings (SSSR count). The van der Waals surface area contributed by atoms with Gasteiger partial charge in [0.1, 0.15) is 5.56 Å². The van der Waals surface area contributed by atoms with Gasteiger partial charge in [-0.3, -0.25) is 14.9 Å². The Balaban J connectivity index is 3.08. The van der Waals surface area contributed by atoms with Gasteiger partial charge >= 0.3 is 0 Å². The Labute approximate surface area is 114 Å². The van der Waals surface area contributed by atoms with Crippen molar-refractivity contribution in [3.05, 3.63) is 38.9 Å². The molecule has 1 amide bonds. The smallest absolute Gasteiger partial charge is 0.283 e. The normalized spacial score (nSPS) is 11.9. The summed E-state index contributed by atoms with van der Waals surface area (Å²) in [5, 5.41) is 13.5. The van der Waals surface area contributed by atoms with Crippen molar-refractivity contribution in [2.24, 2.45) is 0 Å². The van der Waals surface area contributed by atoms with Crippen LogP contribution in [0.2, 0.25) is 5.02 Å². The Morgan fingerprint density at radius 3 is 2.72 bits per heavy atom. The van der Waals surface area contributed by atoms with Gasteiger partial charge in [-0.15, -0.1) is 11.6 Å². The number of rotatable bonds is 5. The van der Waals surface area contributed by atoms with Crippen molar-refractivity contribution in [1.29, 1.82) is 0 Å².